The number of nitrogens with zero attached hydrogens (tertiary/aromatic N) is 1. The fourth-order valence-electron chi connectivity index (χ4n) is 2.44. The van der Waals surface area contributed by atoms with Gasteiger partial charge in [-0.25, -0.2) is 12.4 Å². The van der Waals surface area contributed by atoms with E-state index < -0.39 is 10.0 Å². The second-order valence-electron chi connectivity index (χ2n) is 5.19. The third-order valence-corrected chi connectivity index (χ3v) is 5.46. The fourth-order valence-corrected chi connectivity index (χ4v) is 3.92. The van der Waals surface area contributed by atoms with Gasteiger partial charge < -0.3 is 0 Å². The van der Waals surface area contributed by atoms with Crippen LogP contribution in [0, 0.1) is 13.8 Å². The first kappa shape index (κ1) is 15.6. The van der Waals surface area contributed by atoms with E-state index in [4.69, 9.17) is 0 Å². The van der Waals surface area contributed by atoms with E-state index in [-0.39, 0.29) is 0 Å². The molecule has 0 aliphatic rings. The highest BCUT2D eigenvalue weighted by Gasteiger charge is 2.22. The van der Waals surface area contributed by atoms with Crippen LogP contribution in [0.5, 0.6) is 0 Å². The van der Waals surface area contributed by atoms with Gasteiger partial charge in [0.1, 0.15) is 0 Å². The molecular weight excluding hydrogens is 282 g/mol. The van der Waals surface area contributed by atoms with Gasteiger partial charge in [0.15, 0.2) is 0 Å². The van der Waals surface area contributed by atoms with Gasteiger partial charge in [-0.2, -0.15) is 0 Å². The Morgan fingerprint density at radius 3 is 2.33 bits per heavy atom. The van der Waals surface area contributed by atoms with Crippen LogP contribution in [0.1, 0.15) is 29.3 Å². The Morgan fingerprint density at radius 1 is 1.19 bits per heavy atom. The highest BCUT2D eigenvalue weighted by molar-refractivity contribution is 7.90. The smallest absolute Gasteiger partial charge is 0.245 e. The first-order valence-corrected chi connectivity index (χ1v) is 8.48. The molecule has 0 N–H and O–H groups in total. The minimum absolute atomic E-state index is 0.316. The summed E-state index contributed by atoms with van der Waals surface area (Å²) in [4.78, 5) is 0.316. The van der Waals surface area contributed by atoms with Crippen LogP contribution in [-0.4, -0.2) is 12.4 Å². The van der Waals surface area contributed by atoms with Crippen molar-refractivity contribution in [1.29, 1.82) is 0 Å². The molecule has 0 bridgehead atoms. The van der Waals surface area contributed by atoms with Crippen molar-refractivity contribution in [1.82, 2.24) is 3.97 Å². The van der Waals surface area contributed by atoms with Crippen LogP contribution in [0.15, 0.2) is 48.0 Å². The molecule has 0 fully saturated rings. The molecule has 0 radical (unpaired) electrons. The topological polar surface area (TPSA) is 39.1 Å². The van der Waals surface area contributed by atoms with E-state index in [0.29, 0.717) is 11.3 Å². The predicted octanol–water partition coefficient (Wildman–Crippen LogP) is 3.63. The molecule has 0 aliphatic heterocycles. The number of hydrogen-bond donors (Lipinski definition) is 0. The Hall–Kier alpha value is -1.81. The van der Waals surface area contributed by atoms with Crippen molar-refractivity contribution < 1.29 is 8.42 Å². The minimum Gasteiger partial charge on any atom is -0.245 e. The van der Waals surface area contributed by atoms with Crippen LogP contribution in [0.2, 0.25) is 0 Å². The number of hydrogen-bond acceptors (Lipinski definition) is 2. The molecular formula is C17H21NO2S. The lowest BCUT2D eigenvalue weighted by Crippen LogP contribution is -2.15. The van der Waals surface area contributed by atoms with Gasteiger partial charge in [0, 0.05) is 18.3 Å². The van der Waals surface area contributed by atoms with Crippen molar-refractivity contribution in [2.24, 2.45) is 0 Å². The summed E-state index contributed by atoms with van der Waals surface area (Å²) >= 11 is 0. The maximum absolute atomic E-state index is 12.9. The summed E-state index contributed by atoms with van der Waals surface area (Å²) in [6.45, 7) is 9.67. The van der Waals surface area contributed by atoms with Gasteiger partial charge in [0.2, 0.25) is 0 Å². The molecule has 2 aromatic rings. The summed E-state index contributed by atoms with van der Waals surface area (Å²) in [5.74, 6) is 0. The second kappa shape index (κ2) is 5.90. The standard InChI is InChI=1S/C17H21NO2S/c1-5-7-17-14(4)15(6-2)12-18(17)21(19,20)16-10-8-13(3)9-11-16/h5,8-12H,1,6-7H2,2-4H3. The highest BCUT2D eigenvalue weighted by Crippen LogP contribution is 2.24. The number of aryl methyl sites for hydroxylation is 2. The van der Waals surface area contributed by atoms with Gasteiger partial charge in [0.25, 0.3) is 10.0 Å². The Bertz CT molecular complexity index is 753. The van der Waals surface area contributed by atoms with Crippen molar-refractivity contribution in [3.63, 3.8) is 0 Å². The number of allylic oxidation sites excluding steroid dienone is 1. The lowest BCUT2D eigenvalue weighted by atomic mass is 10.1. The van der Waals surface area contributed by atoms with E-state index in [1.165, 1.54) is 3.97 Å². The zero-order valence-electron chi connectivity index (χ0n) is 12.8. The summed E-state index contributed by atoms with van der Waals surface area (Å²) in [6, 6.07) is 6.95. The van der Waals surface area contributed by atoms with Crippen LogP contribution in [-0.2, 0) is 22.9 Å². The monoisotopic (exact) mass is 303 g/mol. The zero-order chi connectivity index (χ0) is 15.6. The van der Waals surface area contributed by atoms with Gasteiger partial charge in [0.05, 0.1) is 4.90 Å². The Morgan fingerprint density at radius 2 is 1.81 bits per heavy atom. The largest absolute Gasteiger partial charge is 0.267 e. The molecule has 21 heavy (non-hydrogen) atoms. The number of aromatic nitrogens is 1. The van der Waals surface area contributed by atoms with Crippen LogP contribution < -0.4 is 0 Å². The Kier molecular flexibility index (Phi) is 4.37. The SMILES string of the molecule is C=CCc1c(C)c(CC)cn1S(=O)(=O)c1ccc(C)cc1. The normalized spacial score (nSPS) is 11.6. The molecule has 2 rings (SSSR count). The summed E-state index contributed by atoms with van der Waals surface area (Å²) < 4.78 is 27.1. The van der Waals surface area contributed by atoms with Crippen molar-refractivity contribution in [3.8, 4) is 0 Å². The lowest BCUT2D eigenvalue weighted by Gasteiger charge is -2.10. The van der Waals surface area contributed by atoms with Crippen LogP contribution >= 0.6 is 0 Å². The van der Waals surface area contributed by atoms with E-state index in [2.05, 4.69) is 6.58 Å². The third kappa shape index (κ3) is 2.81. The predicted molar refractivity (Wildman–Crippen MR) is 86.2 cm³/mol. The molecule has 0 amide bonds. The molecule has 4 heteroatoms. The van der Waals surface area contributed by atoms with E-state index >= 15 is 0 Å². The van der Waals surface area contributed by atoms with Gasteiger partial charge in [-0.05, 0) is 43.5 Å². The summed E-state index contributed by atoms with van der Waals surface area (Å²) in [6.07, 6.45) is 4.83. The van der Waals surface area contributed by atoms with Gasteiger partial charge in [-0.3, -0.25) is 0 Å². The first-order valence-electron chi connectivity index (χ1n) is 7.04. The van der Waals surface area contributed by atoms with Crippen molar-refractivity contribution >= 4 is 10.0 Å². The molecule has 0 saturated heterocycles. The van der Waals surface area contributed by atoms with E-state index in [0.717, 1.165) is 28.8 Å². The molecule has 1 aromatic heterocycles. The van der Waals surface area contributed by atoms with E-state index in [9.17, 15) is 8.42 Å². The molecule has 1 aromatic carbocycles. The van der Waals surface area contributed by atoms with Gasteiger partial charge in [-0.15, -0.1) is 6.58 Å². The van der Waals surface area contributed by atoms with Crippen LogP contribution in [0.3, 0.4) is 0 Å². The Balaban J connectivity index is 2.64. The molecule has 0 aliphatic carbocycles. The average molecular weight is 303 g/mol. The molecule has 3 nitrogen and oxygen atoms in total. The molecule has 0 saturated carbocycles. The molecule has 0 atom stereocenters. The van der Waals surface area contributed by atoms with E-state index in [1.54, 1.807) is 24.4 Å². The molecule has 1 heterocycles. The second-order valence-corrected chi connectivity index (χ2v) is 7.00. The summed E-state index contributed by atoms with van der Waals surface area (Å²) in [7, 11) is -3.55. The van der Waals surface area contributed by atoms with Crippen LogP contribution in [0.4, 0.5) is 0 Å². The number of rotatable bonds is 5. The van der Waals surface area contributed by atoms with Crippen molar-refractivity contribution in [2.75, 3.05) is 0 Å². The lowest BCUT2D eigenvalue weighted by molar-refractivity contribution is 0.585. The third-order valence-electron chi connectivity index (χ3n) is 3.75. The van der Waals surface area contributed by atoms with Crippen molar-refractivity contribution in [3.05, 3.63) is 65.5 Å². The maximum Gasteiger partial charge on any atom is 0.267 e. The molecule has 0 spiro atoms. The Labute approximate surface area is 127 Å². The fraction of sp³-hybridized carbons (Fsp3) is 0.294. The van der Waals surface area contributed by atoms with Crippen molar-refractivity contribution in [2.45, 2.75) is 38.5 Å². The average Bonchev–Trinajstić information content (AvgIpc) is 2.77. The highest BCUT2D eigenvalue weighted by atomic mass is 32.2. The van der Waals surface area contributed by atoms with Crippen LogP contribution in [0.25, 0.3) is 0 Å². The summed E-state index contributed by atoms with van der Waals surface area (Å²) in [5.41, 5.74) is 3.93. The first-order chi connectivity index (χ1) is 9.91. The zero-order valence-corrected chi connectivity index (χ0v) is 13.6. The quantitative estimate of drug-likeness (QED) is 0.791. The van der Waals surface area contributed by atoms with E-state index in [1.807, 2.05) is 32.9 Å². The van der Waals surface area contributed by atoms with Gasteiger partial charge >= 0.3 is 0 Å². The van der Waals surface area contributed by atoms with Gasteiger partial charge in [-0.1, -0.05) is 30.7 Å². The molecule has 0 unspecified atom stereocenters. The minimum atomic E-state index is -3.55. The number of benzene rings is 1. The molecule has 112 valence electrons. The summed E-state index contributed by atoms with van der Waals surface area (Å²) in [5, 5.41) is 0. The maximum atomic E-state index is 12.9.